The molecule has 0 spiro atoms. The van der Waals surface area contributed by atoms with E-state index < -0.39 is 0 Å². The van der Waals surface area contributed by atoms with Crippen molar-refractivity contribution in [1.29, 1.82) is 0 Å². The number of imide groups is 1. The zero-order valence-corrected chi connectivity index (χ0v) is 12.3. The normalized spacial score (nSPS) is 14.3. The maximum Gasteiger partial charge on any atom is 0.259 e. The number of carbonyl (C=O) groups excluding carboxylic acids is 2. The number of rotatable bonds is 4. The summed E-state index contributed by atoms with van der Waals surface area (Å²) in [6.45, 7) is 2.01. The van der Waals surface area contributed by atoms with Gasteiger partial charge in [-0.1, -0.05) is 18.2 Å². The lowest BCUT2D eigenvalue weighted by molar-refractivity contribution is 0.0879. The largest absolute Gasteiger partial charge is 0.496 e. The van der Waals surface area contributed by atoms with Gasteiger partial charge in [0.05, 0.1) is 24.3 Å². The number of para-hydroxylation sites is 1. The minimum absolute atomic E-state index is 0.00522. The summed E-state index contributed by atoms with van der Waals surface area (Å²) in [4.78, 5) is 23.3. The number of fused-ring (bicyclic) bond motifs is 1. The number of benzene rings is 2. The summed E-state index contributed by atoms with van der Waals surface area (Å²) in [6, 6.07) is 12.9. The van der Waals surface area contributed by atoms with Crippen LogP contribution in [0.15, 0.2) is 42.5 Å². The molecular formula is C17H16N2O3. The number of nitrogens with one attached hydrogen (secondary N) is 2. The van der Waals surface area contributed by atoms with Crippen molar-refractivity contribution in [2.24, 2.45) is 0 Å². The number of hydrogen-bond acceptors (Lipinski definition) is 4. The third-order valence-corrected chi connectivity index (χ3v) is 3.72. The number of methoxy groups -OCH3 is 1. The summed E-state index contributed by atoms with van der Waals surface area (Å²) in [5, 5.41) is 5.61. The fourth-order valence-electron chi connectivity index (χ4n) is 2.61. The highest BCUT2D eigenvalue weighted by molar-refractivity contribution is 6.21. The second-order valence-electron chi connectivity index (χ2n) is 5.15. The molecule has 0 aliphatic carbocycles. The van der Waals surface area contributed by atoms with Gasteiger partial charge in [0.2, 0.25) is 0 Å². The van der Waals surface area contributed by atoms with E-state index >= 15 is 0 Å². The maximum absolute atomic E-state index is 11.7. The lowest BCUT2D eigenvalue weighted by atomic mass is 10.1. The Morgan fingerprint density at radius 2 is 1.77 bits per heavy atom. The highest BCUT2D eigenvalue weighted by atomic mass is 16.5. The van der Waals surface area contributed by atoms with E-state index in [4.69, 9.17) is 4.74 Å². The summed E-state index contributed by atoms with van der Waals surface area (Å²) in [6.07, 6.45) is 0. The van der Waals surface area contributed by atoms with Crippen molar-refractivity contribution >= 4 is 17.5 Å². The molecule has 1 unspecified atom stereocenters. The zero-order valence-electron chi connectivity index (χ0n) is 12.3. The second kappa shape index (κ2) is 5.52. The van der Waals surface area contributed by atoms with E-state index in [2.05, 4.69) is 10.6 Å². The lowest BCUT2D eigenvalue weighted by Crippen LogP contribution is -2.19. The van der Waals surface area contributed by atoms with E-state index in [1.807, 2.05) is 31.2 Å². The van der Waals surface area contributed by atoms with Gasteiger partial charge in [0.15, 0.2) is 0 Å². The van der Waals surface area contributed by atoms with Crippen LogP contribution < -0.4 is 15.4 Å². The van der Waals surface area contributed by atoms with Crippen LogP contribution in [0.3, 0.4) is 0 Å². The van der Waals surface area contributed by atoms with Gasteiger partial charge in [0, 0.05) is 11.3 Å². The number of hydrogen-bond donors (Lipinski definition) is 2. The fourth-order valence-corrected chi connectivity index (χ4v) is 2.61. The lowest BCUT2D eigenvalue weighted by Gasteiger charge is -2.18. The van der Waals surface area contributed by atoms with Crippen LogP contribution in [0, 0.1) is 0 Å². The molecule has 0 saturated heterocycles. The summed E-state index contributed by atoms with van der Waals surface area (Å²) >= 11 is 0. The first-order valence-electron chi connectivity index (χ1n) is 6.99. The van der Waals surface area contributed by atoms with Crippen LogP contribution in [0.2, 0.25) is 0 Å². The third-order valence-electron chi connectivity index (χ3n) is 3.72. The van der Waals surface area contributed by atoms with Gasteiger partial charge in [0.25, 0.3) is 11.8 Å². The molecule has 2 N–H and O–H groups in total. The molecule has 0 fully saturated rings. The molecule has 5 nitrogen and oxygen atoms in total. The van der Waals surface area contributed by atoms with Gasteiger partial charge >= 0.3 is 0 Å². The van der Waals surface area contributed by atoms with E-state index in [0.717, 1.165) is 17.0 Å². The zero-order chi connectivity index (χ0) is 15.7. The Morgan fingerprint density at radius 1 is 1.05 bits per heavy atom. The van der Waals surface area contributed by atoms with Gasteiger partial charge in [-0.05, 0) is 31.2 Å². The second-order valence-corrected chi connectivity index (χ2v) is 5.15. The van der Waals surface area contributed by atoms with Crippen LogP contribution in [-0.4, -0.2) is 18.9 Å². The molecule has 1 aliphatic rings. The molecule has 2 aromatic carbocycles. The highest BCUT2D eigenvalue weighted by Gasteiger charge is 2.26. The molecule has 1 atom stereocenters. The van der Waals surface area contributed by atoms with Crippen LogP contribution in [0.25, 0.3) is 0 Å². The van der Waals surface area contributed by atoms with Gasteiger partial charge < -0.3 is 10.1 Å². The molecule has 22 heavy (non-hydrogen) atoms. The molecule has 0 aromatic heterocycles. The molecule has 5 heteroatoms. The van der Waals surface area contributed by atoms with Gasteiger partial charge in [-0.15, -0.1) is 0 Å². The standard InChI is InChI=1S/C17H16N2O3/c1-10(12-5-3-4-6-15(12)22-2)18-11-7-8-13-14(9-11)17(21)19-16(13)20/h3-10,18H,1-2H3,(H,19,20,21). The van der Waals surface area contributed by atoms with Gasteiger partial charge in [-0.2, -0.15) is 0 Å². The average molecular weight is 296 g/mol. The van der Waals surface area contributed by atoms with E-state index in [1.165, 1.54) is 0 Å². The average Bonchev–Trinajstić information content (AvgIpc) is 2.81. The molecule has 1 aliphatic heterocycles. The quantitative estimate of drug-likeness (QED) is 0.851. The molecule has 0 saturated carbocycles. The number of anilines is 1. The number of ether oxygens (including phenoxy) is 1. The predicted octanol–water partition coefficient (Wildman–Crippen LogP) is 2.75. The fraction of sp³-hybridized carbons (Fsp3) is 0.176. The van der Waals surface area contributed by atoms with Crippen molar-refractivity contribution in [3.8, 4) is 5.75 Å². The van der Waals surface area contributed by atoms with Crippen LogP contribution in [0.5, 0.6) is 5.75 Å². The third kappa shape index (κ3) is 2.41. The van der Waals surface area contributed by atoms with Crippen LogP contribution in [0.1, 0.15) is 39.2 Å². The summed E-state index contributed by atoms with van der Waals surface area (Å²) < 4.78 is 5.36. The first-order valence-corrected chi connectivity index (χ1v) is 6.99. The van der Waals surface area contributed by atoms with Crippen LogP contribution in [-0.2, 0) is 0 Å². The van der Waals surface area contributed by atoms with Crippen LogP contribution >= 0.6 is 0 Å². The highest BCUT2D eigenvalue weighted by Crippen LogP contribution is 2.28. The van der Waals surface area contributed by atoms with E-state index in [-0.39, 0.29) is 17.9 Å². The number of carbonyl (C=O) groups is 2. The summed E-state index contributed by atoms with van der Waals surface area (Å²) in [5.74, 6) is 0.106. The van der Waals surface area contributed by atoms with E-state index in [0.29, 0.717) is 11.1 Å². The Kier molecular flexibility index (Phi) is 3.55. The van der Waals surface area contributed by atoms with Crippen molar-refractivity contribution in [3.05, 3.63) is 59.2 Å². The van der Waals surface area contributed by atoms with Gasteiger partial charge in [0.1, 0.15) is 5.75 Å². The Morgan fingerprint density at radius 3 is 2.55 bits per heavy atom. The van der Waals surface area contributed by atoms with Crippen molar-refractivity contribution in [2.75, 3.05) is 12.4 Å². The Bertz CT molecular complexity index is 755. The molecule has 0 radical (unpaired) electrons. The van der Waals surface area contributed by atoms with Gasteiger partial charge in [-0.25, -0.2) is 0 Å². The molecule has 1 heterocycles. The van der Waals surface area contributed by atoms with Crippen molar-refractivity contribution in [1.82, 2.24) is 5.32 Å². The number of amides is 2. The molecule has 2 amide bonds. The van der Waals surface area contributed by atoms with Crippen molar-refractivity contribution < 1.29 is 14.3 Å². The smallest absolute Gasteiger partial charge is 0.259 e. The van der Waals surface area contributed by atoms with Crippen molar-refractivity contribution in [3.63, 3.8) is 0 Å². The maximum atomic E-state index is 11.7. The summed E-state index contributed by atoms with van der Waals surface area (Å²) in [7, 11) is 1.64. The van der Waals surface area contributed by atoms with E-state index in [9.17, 15) is 9.59 Å². The van der Waals surface area contributed by atoms with Crippen molar-refractivity contribution in [2.45, 2.75) is 13.0 Å². The van der Waals surface area contributed by atoms with Crippen LogP contribution in [0.4, 0.5) is 5.69 Å². The minimum atomic E-state index is -0.353. The molecule has 2 aromatic rings. The Balaban J connectivity index is 1.86. The molecule has 0 bridgehead atoms. The molecule has 112 valence electrons. The first-order chi connectivity index (χ1) is 10.6. The van der Waals surface area contributed by atoms with E-state index in [1.54, 1.807) is 25.3 Å². The Labute approximate surface area is 128 Å². The minimum Gasteiger partial charge on any atom is -0.496 e. The topological polar surface area (TPSA) is 67.4 Å². The monoisotopic (exact) mass is 296 g/mol. The first kappa shape index (κ1) is 14.1. The Hall–Kier alpha value is -2.82. The predicted molar refractivity (Wildman–Crippen MR) is 83.3 cm³/mol. The summed E-state index contributed by atoms with van der Waals surface area (Å²) in [5.41, 5.74) is 2.62. The van der Waals surface area contributed by atoms with Gasteiger partial charge in [-0.3, -0.25) is 14.9 Å². The molecular weight excluding hydrogens is 280 g/mol. The molecule has 3 rings (SSSR count). The SMILES string of the molecule is COc1ccccc1C(C)Nc1ccc2c(c1)C(=O)NC2=O.